The van der Waals surface area contributed by atoms with E-state index in [2.05, 4.69) is 44.0 Å². The highest BCUT2D eigenvalue weighted by Gasteiger charge is 2.40. The zero-order chi connectivity index (χ0) is 13.3. The van der Waals surface area contributed by atoms with Gasteiger partial charge in [-0.15, -0.1) is 6.42 Å². The minimum atomic E-state index is -0.315. The van der Waals surface area contributed by atoms with E-state index in [0.29, 0.717) is 0 Å². The molecule has 0 heterocycles. The van der Waals surface area contributed by atoms with Crippen LogP contribution in [0.15, 0.2) is 35.9 Å². The smallest absolute Gasteiger partial charge is 0.0861 e. The van der Waals surface area contributed by atoms with Gasteiger partial charge in [-0.25, -0.2) is 0 Å². The summed E-state index contributed by atoms with van der Waals surface area (Å²) in [4.78, 5) is 0. The van der Waals surface area contributed by atoms with Gasteiger partial charge in [0.2, 0.25) is 0 Å². The van der Waals surface area contributed by atoms with Crippen molar-refractivity contribution in [1.82, 2.24) is 0 Å². The van der Waals surface area contributed by atoms with Gasteiger partial charge in [-0.05, 0) is 37.5 Å². The van der Waals surface area contributed by atoms with Crippen LogP contribution in [0.4, 0.5) is 0 Å². The van der Waals surface area contributed by atoms with Crippen molar-refractivity contribution in [3.8, 4) is 12.3 Å². The fourth-order valence-corrected chi connectivity index (χ4v) is 3.07. The molecule has 2 N–H and O–H groups in total. The molecule has 1 aromatic carbocycles. The maximum absolute atomic E-state index is 5.92. The summed E-state index contributed by atoms with van der Waals surface area (Å²) in [6.07, 6.45) is 9.80. The van der Waals surface area contributed by atoms with Crippen LogP contribution in [0.1, 0.15) is 30.5 Å². The van der Waals surface area contributed by atoms with Gasteiger partial charge in [-0.3, -0.25) is 5.14 Å². The lowest BCUT2D eigenvalue weighted by Crippen LogP contribution is -2.19. The Hall–Kier alpha value is -1.43. The molecule has 0 aromatic heterocycles. The van der Waals surface area contributed by atoms with Gasteiger partial charge in [-0.1, -0.05) is 53.8 Å². The maximum atomic E-state index is 5.92. The Morgan fingerprint density at radius 2 is 2.17 bits per heavy atom. The number of allylic oxidation sites excluding steroid dienone is 3. The third kappa shape index (κ3) is 1.71. The van der Waals surface area contributed by atoms with Crippen LogP contribution in [0.2, 0.25) is 0 Å². The first-order chi connectivity index (χ1) is 8.58. The molecule has 0 bridgehead atoms. The Labute approximate surface area is 113 Å². The van der Waals surface area contributed by atoms with Crippen LogP contribution >= 0.6 is 11.9 Å². The van der Waals surface area contributed by atoms with Crippen LogP contribution in [-0.4, -0.2) is 0 Å². The van der Waals surface area contributed by atoms with E-state index in [0.717, 1.165) is 11.1 Å². The summed E-state index contributed by atoms with van der Waals surface area (Å²) in [5.74, 6) is 2.83. The number of hydrogen-bond donors (Lipinski definition) is 1. The van der Waals surface area contributed by atoms with Gasteiger partial charge in [0.15, 0.2) is 0 Å². The zero-order valence-corrected chi connectivity index (χ0v) is 11.8. The molecule has 0 aliphatic heterocycles. The monoisotopic (exact) mass is 255 g/mol. The molecule has 1 nitrogen and oxygen atoms in total. The lowest BCUT2D eigenvalue weighted by atomic mass is 9.96. The van der Waals surface area contributed by atoms with Gasteiger partial charge in [0.25, 0.3) is 0 Å². The minimum Gasteiger partial charge on any atom is -0.277 e. The standard InChI is InChI=1S/C16H17NS/c1-5-7-12-13-9-8-11(3)10-15(13)16(4,18-17)14(12)6-2/h2,5,7-10H,17H2,1,3-4H3/b7-5-. The van der Waals surface area contributed by atoms with Crippen LogP contribution < -0.4 is 5.14 Å². The van der Waals surface area contributed by atoms with Gasteiger partial charge >= 0.3 is 0 Å². The highest BCUT2D eigenvalue weighted by molar-refractivity contribution is 7.98. The second-order valence-electron chi connectivity index (χ2n) is 4.63. The maximum Gasteiger partial charge on any atom is 0.0861 e. The average Bonchev–Trinajstić information content (AvgIpc) is 2.60. The number of fused-ring (bicyclic) bond motifs is 1. The Morgan fingerprint density at radius 3 is 2.72 bits per heavy atom. The van der Waals surface area contributed by atoms with Crippen molar-refractivity contribution in [3.63, 3.8) is 0 Å². The second-order valence-corrected chi connectivity index (χ2v) is 5.69. The topological polar surface area (TPSA) is 26.0 Å². The minimum absolute atomic E-state index is 0.315. The molecule has 1 aromatic rings. The molecule has 0 radical (unpaired) electrons. The molecule has 0 saturated carbocycles. The summed E-state index contributed by atoms with van der Waals surface area (Å²) in [6, 6.07) is 6.44. The molecule has 1 aliphatic rings. The van der Waals surface area contributed by atoms with E-state index in [1.807, 2.05) is 13.0 Å². The van der Waals surface area contributed by atoms with E-state index in [4.69, 9.17) is 11.6 Å². The molecule has 0 fully saturated rings. The van der Waals surface area contributed by atoms with Gasteiger partial charge < -0.3 is 0 Å². The van der Waals surface area contributed by atoms with Crippen molar-refractivity contribution in [1.29, 1.82) is 0 Å². The number of hydrogen-bond acceptors (Lipinski definition) is 2. The molecule has 2 rings (SSSR count). The van der Waals surface area contributed by atoms with E-state index >= 15 is 0 Å². The Balaban J connectivity index is 2.79. The quantitative estimate of drug-likeness (QED) is 0.642. The highest BCUT2D eigenvalue weighted by atomic mass is 32.2. The van der Waals surface area contributed by atoms with Crippen molar-refractivity contribution in [2.24, 2.45) is 5.14 Å². The van der Waals surface area contributed by atoms with Crippen molar-refractivity contribution in [3.05, 3.63) is 52.6 Å². The number of nitrogens with two attached hydrogens (primary N) is 1. The van der Waals surface area contributed by atoms with Crippen LogP contribution in [0.3, 0.4) is 0 Å². The Bertz CT molecular complexity index is 590. The summed E-state index contributed by atoms with van der Waals surface area (Å²) >= 11 is 1.31. The summed E-state index contributed by atoms with van der Waals surface area (Å²) < 4.78 is -0.315. The van der Waals surface area contributed by atoms with Gasteiger partial charge in [0, 0.05) is 5.57 Å². The number of terminal acetylenes is 1. The lowest BCUT2D eigenvalue weighted by Gasteiger charge is -2.24. The van der Waals surface area contributed by atoms with Crippen LogP contribution in [0.5, 0.6) is 0 Å². The van der Waals surface area contributed by atoms with E-state index in [-0.39, 0.29) is 4.75 Å². The second kappa shape index (κ2) is 4.68. The summed E-state index contributed by atoms with van der Waals surface area (Å²) in [5.41, 5.74) is 5.74. The van der Waals surface area contributed by atoms with Gasteiger partial charge in [0.1, 0.15) is 0 Å². The van der Waals surface area contributed by atoms with E-state index < -0.39 is 0 Å². The summed E-state index contributed by atoms with van der Waals surface area (Å²) in [6.45, 7) is 6.19. The van der Waals surface area contributed by atoms with Gasteiger partial charge in [0.05, 0.1) is 4.75 Å². The SMILES string of the molecule is C#CC1=C(/C=C\C)c2ccc(C)cc2C1(C)SN. The molecular weight excluding hydrogens is 238 g/mol. The first-order valence-corrected chi connectivity index (χ1v) is 6.80. The molecule has 0 saturated heterocycles. The van der Waals surface area contributed by atoms with E-state index in [9.17, 15) is 0 Å². The molecule has 18 heavy (non-hydrogen) atoms. The van der Waals surface area contributed by atoms with Crippen LogP contribution in [0.25, 0.3) is 5.57 Å². The fraction of sp³-hybridized carbons (Fsp3) is 0.250. The zero-order valence-electron chi connectivity index (χ0n) is 10.9. The van der Waals surface area contributed by atoms with Crippen molar-refractivity contribution < 1.29 is 0 Å². The number of benzene rings is 1. The summed E-state index contributed by atoms with van der Waals surface area (Å²) in [7, 11) is 0. The van der Waals surface area contributed by atoms with E-state index in [1.165, 1.54) is 28.6 Å². The van der Waals surface area contributed by atoms with Gasteiger partial charge in [-0.2, -0.15) is 0 Å². The Morgan fingerprint density at radius 1 is 1.44 bits per heavy atom. The molecule has 0 spiro atoms. The predicted octanol–water partition coefficient (Wildman–Crippen LogP) is 3.79. The molecule has 0 amide bonds. The molecule has 1 atom stereocenters. The first kappa shape index (κ1) is 13.0. The third-order valence-corrected chi connectivity index (χ3v) is 4.33. The largest absolute Gasteiger partial charge is 0.277 e. The van der Waals surface area contributed by atoms with Crippen molar-refractivity contribution in [2.45, 2.75) is 25.5 Å². The average molecular weight is 255 g/mol. The third-order valence-electron chi connectivity index (χ3n) is 3.44. The summed E-state index contributed by atoms with van der Waals surface area (Å²) in [5, 5.41) is 5.92. The number of rotatable bonds is 2. The van der Waals surface area contributed by atoms with Crippen LogP contribution in [-0.2, 0) is 4.75 Å². The molecule has 1 aliphatic carbocycles. The van der Waals surface area contributed by atoms with E-state index in [1.54, 1.807) is 0 Å². The first-order valence-electron chi connectivity index (χ1n) is 5.92. The molecule has 2 heteroatoms. The normalized spacial score (nSPS) is 22.4. The van der Waals surface area contributed by atoms with Crippen molar-refractivity contribution in [2.75, 3.05) is 0 Å². The fourth-order valence-electron chi connectivity index (χ4n) is 2.49. The Kier molecular flexibility index (Phi) is 3.38. The molecular formula is C16H17NS. The molecule has 92 valence electrons. The lowest BCUT2D eigenvalue weighted by molar-refractivity contribution is 0.866. The predicted molar refractivity (Wildman–Crippen MR) is 80.9 cm³/mol. The van der Waals surface area contributed by atoms with Crippen molar-refractivity contribution >= 4 is 17.5 Å². The number of aryl methyl sites for hydroxylation is 1. The highest BCUT2D eigenvalue weighted by Crippen LogP contribution is 2.51. The molecule has 1 unspecified atom stereocenters. The van der Waals surface area contributed by atoms with Crippen LogP contribution in [0, 0.1) is 19.3 Å².